The van der Waals surface area contributed by atoms with E-state index in [-0.39, 0.29) is 0 Å². The number of fused-ring (bicyclic) bond motifs is 5. The lowest BCUT2D eigenvalue weighted by atomic mass is 9.89. The molecule has 2 aromatic rings. The molecular formula is C19H16BrF3N2O2. The maximum absolute atomic E-state index is 12.8. The molecule has 0 saturated carbocycles. The molecule has 2 aliphatic rings. The summed E-state index contributed by atoms with van der Waals surface area (Å²) in [4.78, 5) is 13.6. The van der Waals surface area contributed by atoms with Crippen molar-refractivity contribution in [1.82, 2.24) is 5.32 Å². The fraction of sp³-hybridized carbons (Fsp3) is 0.316. The van der Waals surface area contributed by atoms with E-state index < -0.39 is 24.2 Å². The maximum atomic E-state index is 12.8. The number of para-hydroxylation sites is 2. The van der Waals surface area contributed by atoms with E-state index >= 15 is 0 Å². The molecule has 4 nitrogen and oxygen atoms in total. The highest BCUT2D eigenvalue weighted by atomic mass is 79.9. The van der Waals surface area contributed by atoms with Gasteiger partial charge in [0, 0.05) is 16.6 Å². The Bertz CT molecular complexity index is 887. The number of halogens is 4. The standard InChI is InChI=1S/C19H16BrF3N2O2/c20-12-6-3-9-15-17(12)25-10-4-7-13(24-18(26)19(21,22)23)16(25)11-5-1-2-8-14(11)27-15/h1-3,5-6,8-9,13,16H,4,7,10H2,(H,24,26)/t13-,16+/m1/s1. The Kier molecular flexibility index (Phi) is 4.53. The smallest absolute Gasteiger partial charge is 0.455 e. The van der Waals surface area contributed by atoms with Gasteiger partial charge in [0.2, 0.25) is 0 Å². The summed E-state index contributed by atoms with van der Waals surface area (Å²) in [6.45, 7) is 0.649. The number of alkyl halides is 3. The Labute approximate surface area is 162 Å². The van der Waals surface area contributed by atoms with Gasteiger partial charge in [0.1, 0.15) is 5.75 Å². The van der Waals surface area contributed by atoms with Crippen molar-refractivity contribution in [2.24, 2.45) is 0 Å². The summed E-state index contributed by atoms with van der Waals surface area (Å²) >= 11 is 3.54. The van der Waals surface area contributed by atoms with Gasteiger partial charge in [-0.3, -0.25) is 4.79 Å². The maximum Gasteiger partial charge on any atom is 0.471 e. The van der Waals surface area contributed by atoms with Crippen molar-refractivity contribution in [3.8, 4) is 11.5 Å². The van der Waals surface area contributed by atoms with Gasteiger partial charge in [-0.15, -0.1) is 0 Å². The molecule has 8 heteroatoms. The summed E-state index contributed by atoms with van der Waals surface area (Å²) < 4.78 is 45.4. The average molecular weight is 441 g/mol. The Morgan fingerprint density at radius 2 is 1.89 bits per heavy atom. The van der Waals surface area contributed by atoms with Gasteiger partial charge in [0.05, 0.1) is 17.8 Å². The highest BCUT2D eigenvalue weighted by Crippen LogP contribution is 2.50. The second-order valence-corrected chi connectivity index (χ2v) is 7.44. The molecule has 2 heterocycles. The summed E-state index contributed by atoms with van der Waals surface area (Å²) in [6, 6.07) is 11.7. The minimum Gasteiger partial charge on any atom is -0.455 e. The molecule has 0 spiro atoms. The number of anilines is 1. The summed E-state index contributed by atoms with van der Waals surface area (Å²) in [6.07, 6.45) is -3.80. The first-order valence-corrected chi connectivity index (χ1v) is 9.35. The first-order chi connectivity index (χ1) is 12.9. The van der Waals surface area contributed by atoms with Crippen LogP contribution in [0.3, 0.4) is 0 Å². The molecule has 4 rings (SSSR count). The van der Waals surface area contributed by atoms with Crippen LogP contribution in [0.5, 0.6) is 11.5 Å². The van der Waals surface area contributed by atoms with Gasteiger partial charge in [-0.05, 0) is 47.0 Å². The number of carbonyl (C=O) groups excluding carboxylic acids is 1. The van der Waals surface area contributed by atoms with E-state index in [0.717, 1.165) is 15.7 Å². The van der Waals surface area contributed by atoms with E-state index in [0.29, 0.717) is 30.9 Å². The molecule has 2 atom stereocenters. The molecule has 1 N–H and O–H groups in total. The van der Waals surface area contributed by atoms with E-state index in [2.05, 4.69) is 21.2 Å². The third-order valence-corrected chi connectivity index (χ3v) is 5.54. The molecule has 2 aromatic carbocycles. The fourth-order valence-electron chi connectivity index (χ4n) is 3.83. The molecule has 1 amide bonds. The van der Waals surface area contributed by atoms with Gasteiger partial charge in [0.25, 0.3) is 0 Å². The van der Waals surface area contributed by atoms with Crippen molar-refractivity contribution in [3.63, 3.8) is 0 Å². The van der Waals surface area contributed by atoms with Gasteiger partial charge in [-0.25, -0.2) is 0 Å². The highest BCUT2D eigenvalue weighted by Gasteiger charge is 2.44. The normalized spacial score (nSPS) is 21.3. The molecule has 0 aromatic heterocycles. The Morgan fingerprint density at radius 1 is 1.15 bits per heavy atom. The predicted octanol–water partition coefficient (Wildman–Crippen LogP) is 4.94. The van der Waals surface area contributed by atoms with Crippen LogP contribution in [-0.2, 0) is 4.79 Å². The van der Waals surface area contributed by atoms with Crippen molar-refractivity contribution < 1.29 is 22.7 Å². The SMILES string of the molecule is O=C(N[C@@H]1CCCN2c3c(Br)cccc3Oc3ccccc3[C@@H]12)C(F)(F)F. The molecule has 27 heavy (non-hydrogen) atoms. The predicted molar refractivity (Wildman–Crippen MR) is 98.0 cm³/mol. The van der Waals surface area contributed by atoms with Gasteiger partial charge >= 0.3 is 12.1 Å². The van der Waals surface area contributed by atoms with Crippen molar-refractivity contribution in [2.75, 3.05) is 11.4 Å². The molecular weight excluding hydrogens is 425 g/mol. The zero-order valence-corrected chi connectivity index (χ0v) is 15.7. The molecule has 0 radical (unpaired) electrons. The first-order valence-electron chi connectivity index (χ1n) is 8.56. The van der Waals surface area contributed by atoms with Crippen LogP contribution >= 0.6 is 15.9 Å². The third-order valence-electron chi connectivity index (χ3n) is 4.90. The van der Waals surface area contributed by atoms with E-state index in [1.54, 1.807) is 6.07 Å². The minimum absolute atomic E-state index is 0.455. The van der Waals surface area contributed by atoms with Crippen LogP contribution in [0, 0.1) is 0 Å². The number of nitrogens with one attached hydrogen (secondary N) is 1. The molecule has 1 fully saturated rings. The quantitative estimate of drug-likeness (QED) is 0.682. The van der Waals surface area contributed by atoms with E-state index in [1.165, 1.54) is 0 Å². The summed E-state index contributed by atoms with van der Waals surface area (Å²) in [5.74, 6) is -0.705. The molecule has 0 aliphatic carbocycles. The molecule has 1 saturated heterocycles. The summed E-state index contributed by atoms with van der Waals surface area (Å²) in [5, 5.41) is 2.20. The van der Waals surface area contributed by atoms with Crippen molar-refractivity contribution in [2.45, 2.75) is 31.1 Å². The largest absolute Gasteiger partial charge is 0.471 e. The molecule has 2 aliphatic heterocycles. The van der Waals surface area contributed by atoms with Crippen LogP contribution in [0.25, 0.3) is 0 Å². The Hall–Kier alpha value is -2.22. The van der Waals surface area contributed by atoms with Crippen LogP contribution in [0.15, 0.2) is 46.9 Å². The van der Waals surface area contributed by atoms with Gasteiger partial charge in [-0.1, -0.05) is 24.3 Å². The fourth-order valence-corrected chi connectivity index (χ4v) is 4.40. The second kappa shape index (κ2) is 6.74. The Morgan fingerprint density at radius 3 is 2.67 bits per heavy atom. The number of hydrogen-bond donors (Lipinski definition) is 1. The van der Waals surface area contributed by atoms with Gasteiger partial charge in [0.15, 0.2) is 5.75 Å². The van der Waals surface area contributed by atoms with Crippen LogP contribution in [0.4, 0.5) is 18.9 Å². The van der Waals surface area contributed by atoms with E-state index in [4.69, 9.17) is 4.74 Å². The molecule has 0 unspecified atom stereocenters. The lowest BCUT2D eigenvalue weighted by Crippen LogP contribution is -2.52. The number of benzene rings is 2. The number of amides is 1. The number of rotatable bonds is 1. The third kappa shape index (κ3) is 3.26. The number of nitrogens with zero attached hydrogens (tertiary/aromatic N) is 1. The van der Waals surface area contributed by atoms with E-state index in [9.17, 15) is 18.0 Å². The molecule has 142 valence electrons. The van der Waals surface area contributed by atoms with Crippen molar-refractivity contribution >= 4 is 27.5 Å². The van der Waals surface area contributed by atoms with Crippen molar-refractivity contribution in [1.29, 1.82) is 0 Å². The second-order valence-electron chi connectivity index (χ2n) is 6.58. The molecule has 0 bridgehead atoms. The number of hydrogen-bond acceptors (Lipinski definition) is 3. The van der Waals surface area contributed by atoms with Crippen LogP contribution < -0.4 is 15.0 Å². The van der Waals surface area contributed by atoms with Crippen molar-refractivity contribution in [3.05, 3.63) is 52.5 Å². The first kappa shape index (κ1) is 18.2. The van der Waals surface area contributed by atoms with Crippen LogP contribution in [-0.4, -0.2) is 24.7 Å². The van der Waals surface area contributed by atoms with Crippen LogP contribution in [0.1, 0.15) is 24.4 Å². The Balaban J connectivity index is 1.83. The van der Waals surface area contributed by atoms with Gasteiger partial charge in [-0.2, -0.15) is 13.2 Å². The highest BCUT2D eigenvalue weighted by molar-refractivity contribution is 9.10. The summed E-state index contributed by atoms with van der Waals surface area (Å²) in [7, 11) is 0. The van der Waals surface area contributed by atoms with Crippen LogP contribution in [0.2, 0.25) is 0 Å². The lowest BCUT2D eigenvalue weighted by molar-refractivity contribution is -0.174. The zero-order chi connectivity index (χ0) is 19.2. The summed E-state index contributed by atoms with van der Waals surface area (Å²) in [5.41, 5.74) is 1.54. The average Bonchev–Trinajstić information content (AvgIpc) is 2.76. The lowest BCUT2D eigenvalue weighted by Gasteiger charge is -2.42. The zero-order valence-electron chi connectivity index (χ0n) is 14.1. The number of carbonyl (C=O) groups is 1. The van der Waals surface area contributed by atoms with E-state index in [1.807, 2.05) is 41.3 Å². The number of ether oxygens (including phenoxy) is 1. The topological polar surface area (TPSA) is 41.6 Å². The minimum atomic E-state index is -4.92. The number of piperidine rings is 1. The monoisotopic (exact) mass is 440 g/mol. The van der Waals surface area contributed by atoms with Gasteiger partial charge < -0.3 is 15.0 Å².